The molecule has 22 heteroatoms. The lowest BCUT2D eigenvalue weighted by Gasteiger charge is -2.44. The van der Waals surface area contributed by atoms with Gasteiger partial charge in [0, 0.05) is 6.42 Å². The van der Waals surface area contributed by atoms with Gasteiger partial charge in [0.1, 0.15) is 0 Å². The van der Waals surface area contributed by atoms with Crippen molar-refractivity contribution in [3.05, 3.63) is 0 Å². The molecule has 2 nitrogen and oxygen atoms in total. The smallest absolute Gasteiger partial charge is 0.385 e. The average molecular weight is 698 g/mol. The molecule has 0 aromatic rings. The summed E-state index contributed by atoms with van der Waals surface area (Å²) in [6.45, 7) is -1.45. The van der Waals surface area contributed by atoms with E-state index in [9.17, 15) is 92.6 Å². The quantitative estimate of drug-likeness (QED) is 0.126. The number of ether oxygens (including phenoxy) is 1. The lowest BCUT2D eigenvalue weighted by molar-refractivity contribution is -0.465. The van der Waals surface area contributed by atoms with Crippen LogP contribution < -0.4 is 0 Å². The minimum atomic E-state index is -9.07. The third-order valence-corrected chi connectivity index (χ3v) is 7.05. The molecule has 1 fully saturated rings. The van der Waals surface area contributed by atoms with Gasteiger partial charge in [-0.2, -0.15) is 79.0 Å². The summed E-state index contributed by atoms with van der Waals surface area (Å²) in [5, 5.41) is 0. The maximum absolute atomic E-state index is 13.9. The van der Waals surface area contributed by atoms with Crippen molar-refractivity contribution in [3.8, 4) is 0 Å². The first-order valence-electron chi connectivity index (χ1n) is 12.2. The zero-order chi connectivity index (χ0) is 35.2. The van der Waals surface area contributed by atoms with Gasteiger partial charge in [0.2, 0.25) is 0 Å². The van der Waals surface area contributed by atoms with Gasteiger partial charge in [-0.1, -0.05) is 32.6 Å². The fourth-order valence-corrected chi connectivity index (χ4v) is 4.25. The molecular weight excluding hydrogens is 676 g/mol. The number of esters is 1. The second-order valence-corrected chi connectivity index (χ2v) is 10.2. The Morgan fingerprint density at radius 2 is 0.932 bits per heavy atom. The van der Waals surface area contributed by atoms with Gasteiger partial charge in [-0.15, -0.1) is 0 Å². The summed E-state index contributed by atoms with van der Waals surface area (Å²) in [6.07, 6.45) is -3.78. The van der Waals surface area contributed by atoms with Crippen LogP contribution in [0, 0.1) is 11.8 Å². The zero-order valence-corrected chi connectivity index (χ0v) is 21.8. The normalized spacial score (nSPS) is 20.7. The van der Waals surface area contributed by atoms with Crippen molar-refractivity contribution in [3.63, 3.8) is 0 Å². The summed E-state index contributed by atoms with van der Waals surface area (Å²) >= 11 is 0. The molecule has 0 aromatic heterocycles. The Labute approximate surface area is 234 Å². The van der Waals surface area contributed by atoms with E-state index in [4.69, 9.17) is 0 Å². The van der Waals surface area contributed by atoms with Crippen LogP contribution in [-0.4, -0.2) is 72.3 Å². The fourth-order valence-electron chi connectivity index (χ4n) is 4.25. The van der Waals surface area contributed by atoms with Gasteiger partial charge in [-0.3, -0.25) is 4.79 Å². The van der Waals surface area contributed by atoms with Crippen LogP contribution in [0.3, 0.4) is 0 Å². The third kappa shape index (κ3) is 6.23. The second kappa shape index (κ2) is 12.4. The van der Waals surface area contributed by atoms with E-state index in [1.165, 1.54) is 0 Å². The van der Waals surface area contributed by atoms with Gasteiger partial charge >= 0.3 is 65.7 Å². The number of carbonyl (C=O) groups excluding carboxylic acids is 1. The fraction of sp³-hybridized carbons (Fsp3) is 0.955. The van der Waals surface area contributed by atoms with Crippen LogP contribution in [-0.2, 0) is 9.53 Å². The molecule has 44 heavy (non-hydrogen) atoms. The summed E-state index contributed by atoms with van der Waals surface area (Å²) < 4.78 is 273. The van der Waals surface area contributed by atoms with Crippen molar-refractivity contribution in [2.45, 2.75) is 112 Å². The maximum atomic E-state index is 13.9. The predicted octanol–water partition coefficient (Wildman–Crippen LogP) is 9.51. The molecule has 1 rings (SSSR count). The van der Waals surface area contributed by atoms with E-state index >= 15 is 0 Å². The molecule has 1 aliphatic rings. The molecule has 0 radical (unpaired) electrons. The highest BCUT2D eigenvalue weighted by Crippen LogP contribution is 2.65. The highest BCUT2D eigenvalue weighted by Gasteiger charge is 2.96. The molecule has 0 saturated heterocycles. The second-order valence-electron chi connectivity index (χ2n) is 10.2. The summed E-state index contributed by atoms with van der Waals surface area (Å²) in [6, 6.07) is 0. The lowest BCUT2D eigenvalue weighted by Crippen LogP contribution is -2.76. The van der Waals surface area contributed by atoms with Gasteiger partial charge in [0.15, 0.2) is 6.61 Å². The Hall–Kier alpha value is -1.93. The van der Waals surface area contributed by atoms with Crippen molar-refractivity contribution >= 4 is 5.97 Å². The first-order valence-corrected chi connectivity index (χ1v) is 12.2. The van der Waals surface area contributed by atoms with E-state index in [0.29, 0.717) is 12.8 Å². The Morgan fingerprint density at radius 3 is 1.30 bits per heavy atom. The zero-order valence-electron chi connectivity index (χ0n) is 21.8. The molecule has 0 spiro atoms. The SMILES string of the molecule is CCCC1CCC(CC(=O)OCC(F)(F)C(F)(F)C(F)(F)C(F)(F)C(F)(F)C(F)(F)C(F)(F)C(F)(F)C(F)(F)C(F)F)CC1. The number of hydrogen-bond acceptors (Lipinski definition) is 2. The third-order valence-electron chi connectivity index (χ3n) is 7.05. The molecule has 0 N–H and O–H groups in total. The molecule has 0 amide bonds. The largest absolute Gasteiger partial charge is 0.459 e. The van der Waals surface area contributed by atoms with Crippen LogP contribution in [0.5, 0.6) is 0 Å². The van der Waals surface area contributed by atoms with E-state index in [-0.39, 0.29) is 18.8 Å². The minimum Gasteiger partial charge on any atom is -0.459 e. The van der Waals surface area contributed by atoms with E-state index in [1.807, 2.05) is 6.92 Å². The van der Waals surface area contributed by atoms with Gasteiger partial charge in [-0.25, -0.2) is 8.78 Å². The molecule has 0 aliphatic heterocycles. The average Bonchev–Trinajstić information content (AvgIpc) is 2.87. The van der Waals surface area contributed by atoms with Gasteiger partial charge < -0.3 is 4.74 Å². The van der Waals surface area contributed by atoms with Crippen LogP contribution in [0.2, 0.25) is 0 Å². The number of hydrogen-bond donors (Lipinski definition) is 0. The van der Waals surface area contributed by atoms with Gasteiger partial charge in [0.25, 0.3) is 0 Å². The van der Waals surface area contributed by atoms with E-state index in [2.05, 4.69) is 4.74 Å². The van der Waals surface area contributed by atoms with Crippen molar-refractivity contribution in [1.29, 1.82) is 0 Å². The Balaban J connectivity index is 3.30. The highest BCUT2D eigenvalue weighted by molar-refractivity contribution is 5.69. The Kier molecular flexibility index (Phi) is 11.3. The molecular formula is C22H22F20O2. The summed E-state index contributed by atoms with van der Waals surface area (Å²) in [5.41, 5.74) is 0. The summed E-state index contributed by atoms with van der Waals surface area (Å²) in [5.74, 6) is -77.9. The molecule has 0 atom stereocenters. The maximum Gasteiger partial charge on any atom is 0.385 e. The monoisotopic (exact) mass is 698 g/mol. The molecule has 0 aromatic carbocycles. The number of rotatable bonds is 15. The first kappa shape index (κ1) is 40.1. The van der Waals surface area contributed by atoms with E-state index in [0.717, 1.165) is 12.8 Å². The highest BCUT2D eigenvalue weighted by atomic mass is 19.4. The topological polar surface area (TPSA) is 26.3 Å². The molecule has 1 aliphatic carbocycles. The predicted molar refractivity (Wildman–Crippen MR) is 106 cm³/mol. The molecule has 1 saturated carbocycles. The van der Waals surface area contributed by atoms with Gasteiger partial charge in [0.05, 0.1) is 0 Å². The van der Waals surface area contributed by atoms with E-state index in [1.54, 1.807) is 0 Å². The molecule has 262 valence electrons. The summed E-state index contributed by atoms with van der Waals surface area (Å²) in [7, 11) is 0. The summed E-state index contributed by atoms with van der Waals surface area (Å²) in [4.78, 5) is 11.7. The van der Waals surface area contributed by atoms with Crippen LogP contribution in [0.1, 0.15) is 51.9 Å². The van der Waals surface area contributed by atoms with Crippen molar-refractivity contribution < 1.29 is 97.3 Å². The minimum absolute atomic E-state index is 0.219. The number of alkyl halides is 20. The molecule has 0 unspecified atom stereocenters. The van der Waals surface area contributed by atoms with Crippen molar-refractivity contribution in [2.24, 2.45) is 11.8 Å². The van der Waals surface area contributed by atoms with Crippen LogP contribution in [0.25, 0.3) is 0 Å². The standard InChI is InChI=1S/C22H22F20O2/c1-2-3-10-4-6-11(7-5-10)8-12(43)44-9-14(25,26)16(29,30)18(33,34)20(37,38)22(41,42)21(39,40)19(35,36)17(31,32)15(27,28)13(23)24/h10-11,13H,2-9H2,1H3. The van der Waals surface area contributed by atoms with Crippen molar-refractivity contribution in [2.75, 3.05) is 6.61 Å². The lowest BCUT2D eigenvalue weighted by atomic mass is 9.79. The van der Waals surface area contributed by atoms with Crippen LogP contribution in [0.4, 0.5) is 87.8 Å². The van der Waals surface area contributed by atoms with Crippen molar-refractivity contribution in [1.82, 2.24) is 0 Å². The van der Waals surface area contributed by atoms with Crippen LogP contribution >= 0.6 is 0 Å². The van der Waals surface area contributed by atoms with Gasteiger partial charge in [-0.05, 0) is 24.7 Å². The Bertz CT molecular complexity index is 984. The first-order chi connectivity index (χ1) is 19.3. The van der Waals surface area contributed by atoms with E-state index < -0.39 is 84.6 Å². The number of carbonyl (C=O) groups is 1. The van der Waals surface area contributed by atoms with Crippen LogP contribution in [0.15, 0.2) is 0 Å². The number of halogens is 20. The molecule has 0 heterocycles. The molecule has 0 bridgehead atoms. The Morgan fingerprint density at radius 1 is 0.591 bits per heavy atom.